The quantitative estimate of drug-likeness (QED) is 0.738. The fourth-order valence-corrected chi connectivity index (χ4v) is 3.14. The van der Waals surface area contributed by atoms with E-state index in [1.54, 1.807) is 4.90 Å². The molecule has 1 aliphatic heterocycles. The minimum atomic E-state index is -0.0274. The number of anilines is 1. The molecule has 1 aromatic rings. The molecule has 0 aliphatic carbocycles. The van der Waals surface area contributed by atoms with E-state index in [-0.39, 0.29) is 12.5 Å². The van der Waals surface area contributed by atoms with Crippen molar-refractivity contribution in [2.45, 2.75) is 25.8 Å². The SMILES string of the molecule is CCOCC(=O)NC[C@@H](c1ccc(N(C)C)cc1)[NH+]1CCCC1. The predicted octanol–water partition coefficient (Wildman–Crippen LogP) is 0.625. The summed E-state index contributed by atoms with van der Waals surface area (Å²) in [5, 5.41) is 3.04. The van der Waals surface area contributed by atoms with E-state index in [1.165, 1.54) is 37.2 Å². The van der Waals surface area contributed by atoms with Crippen LogP contribution in [-0.2, 0) is 9.53 Å². The van der Waals surface area contributed by atoms with Crippen LogP contribution in [0, 0.1) is 0 Å². The lowest BCUT2D eigenvalue weighted by Gasteiger charge is -2.26. The Labute approximate surface area is 139 Å². The van der Waals surface area contributed by atoms with Crippen LogP contribution in [0.1, 0.15) is 31.4 Å². The number of hydrogen-bond donors (Lipinski definition) is 2. The van der Waals surface area contributed by atoms with E-state index in [0.29, 0.717) is 19.2 Å². The molecule has 0 saturated carbocycles. The van der Waals surface area contributed by atoms with Crippen molar-refractivity contribution >= 4 is 11.6 Å². The highest BCUT2D eigenvalue weighted by atomic mass is 16.5. The highest BCUT2D eigenvalue weighted by molar-refractivity contribution is 5.77. The fourth-order valence-electron chi connectivity index (χ4n) is 3.14. The summed E-state index contributed by atoms with van der Waals surface area (Å²) in [5.41, 5.74) is 2.49. The summed E-state index contributed by atoms with van der Waals surface area (Å²) in [6.45, 7) is 5.65. The molecule has 1 saturated heterocycles. The van der Waals surface area contributed by atoms with E-state index in [9.17, 15) is 4.79 Å². The van der Waals surface area contributed by atoms with E-state index in [1.807, 2.05) is 21.0 Å². The molecule has 1 heterocycles. The summed E-state index contributed by atoms with van der Waals surface area (Å²) in [6, 6.07) is 9.01. The number of nitrogens with zero attached hydrogens (tertiary/aromatic N) is 1. The lowest BCUT2D eigenvalue weighted by atomic mass is 10.0. The zero-order valence-corrected chi connectivity index (χ0v) is 14.6. The van der Waals surface area contributed by atoms with Gasteiger partial charge in [-0.3, -0.25) is 4.79 Å². The summed E-state index contributed by atoms with van der Waals surface area (Å²) < 4.78 is 5.18. The summed E-state index contributed by atoms with van der Waals surface area (Å²) >= 11 is 0. The Morgan fingerprint density at radius 2 is 1.91 bits per heavy atom. The molecule has 0 radical (unpaired) electrons. The molecule has 0 unspecified atom stereocenters. The first kappa shape index (κ1) is 17.8. The van der Waals surface area contributed by atoms with Gasteiger partial charge in [-0.05, 0) is 19.1 Å². The number of hydrogen-bond acceptors (Lipinski definition) is 3. The van der Waals surface area contributed by atoms with Crippen LogP contribution in [0.25, 0.3) is 0 Å². The van der Waals surface area contributed by atoms with Gasteiger partial charge in [0, 0.05) is 44.8 Å². The molecule has 1 aromatic carbocycles. The van der Waals surface area contributed by atoms with Gasteiger partial charge in [-0.15, -0.1) is 0 Å². The number of amides is 1. The maximum absolute atomic E-state index is 11.8. The third-order valence-electron chi connectivity index (χ3n) is 4.49. The zero-order valence-electron chi connectivity index (χ0n) is 14.6. The van der Waals surface area contributed by atoms with E-state index in [0.717, 1.165) is 0 Å². The highest BCUT2D eigenvalue weighted by Crippen LogP contribution is 2.17. The second-order valence-corrected chi connectivity index (χ2v) is 6.35. The van der Waals surface area contributed by atoms with Crippen LogP contribution in [-0.4, -0.2) is 52.9 Å². The summed E-state index contributed by atoms with van der Waals surface area (Å²) in [6.07, 6.45) is 2.54. The molecular weight excluding hydrogens is 290 g/mol. The number of rotatable bonds is 8. The van der Waals surface area contributed by atoms with E-state index in [4.69, 9.17) is 4.74 Å². The lowest BCUT2D eigenvalue weighted by Crippen LogP contribution is -3.11. The van der Waals surface area contributed by atoms with Gasteiger partial charge >= 0.3 is 0 Å². The van der Waals surface area contributed by atoms with Crippen LogP contribution in [0.5, 0.6) is 0 Å². The van der Waals surface area contributed by atoms with Gasteiger partial charge in [0.25, 0.3) is 0 Å². The topological polar surface area (TPSA) is 46.0 Å². The maximum Gasteiger partial charge on any atom is 0.246 e. The standard InChI is InChI=1S/C18H29N3O2/c1-4-23-14-18(22)19-13-17(21-11-5-6-12-21)15-7-9-16(10-8-15)20(2)3/h7-10,17H,4-6,11-14H2,1-3H3,(H,19,22)/p+1/t17-/m0/s1. The first-order valence-corrected chi connectivity index (χ1v) is 8.58. The van der Waals surface area contributed by atoms with Crippen LogP contribution >= 0.6 is 0 Å². The molecule has 128 valence electrons. The van der Waals surface area contributed by atoms with Gasteiger partial charge in [-0.25, -0.2) is 0 Å². The number of benzene rings is 1. The monoisotopic (exact) mass is 320 g/mol. The van der Waals surface area contributed by atoms with Crippen molar-refractivity contribution in [3.63, 3.8) is 0 Å². The predicted molar refractivity (Wildman–Crippen MR) is 92.9 cm³/mol. The first-order valence-electron chi connectivity index (χ1n) is 8.58. The minimum absolute atomic E-state index is 0.0274. The largest absolute Gasteiger partial charge is 0.378 e. The van der Waals surface area contributed by atoms with Gasteiger partial charge in [0.05, 0.1) is 19.6 Å². The van der Waals surface area contributed by atoms with Crippen LogP contribution in [0.4, 0.5) is 5.69 Å². The van der Waals surface area contributed by atoms with Gasteiger partial charge < -0.3 is 19.9 Å². The molecule has 2 rings (SSSR count). The Hall–Kier alpha value is -1.59. The highest BCUT2D eigenvalue weighted by Gasteiger charge is 2.27. The van der Waals surface area contributed by atoms with E-state index < -0.39 is 0 Å². The van der Waals surface area contributed by atoms with Crippen molar-refractivity contribution in [2.24, 2.45) is 0 Å². The Morgan fingerprint density at radius 3 is 2.48 bits per heavy atom. The fraction of sp³-hybridized carbons (Fsp3) is 0.611. The van der Waals surface area contributed by atoms with Crippen LogP contribution in [0.15, 0.2) is 24.3 Å². The lowest BCUT2D eigenvalue weighted by molar-refractivity contribution is -0.918. The average Bonchev–Trinajstić information content (AvgIpc) is 3.08. The molecule has 0 aromatic heterocycles. The van der Waals surface area contributed by atoms with Gasteiger partial charge in [0.1, 0.15) is 12.6 Å². The molecule has 1 amide bonds. The number of quaternary nitrogens is 1. The summed E-state index contributed by atoms with van der Waals surface area (Å²) in [7, 11) is 4.10. The third kappa shape index (κ3) is 5.22. The first-order chi connectivity index (χ1) is 11.1. The third-order valence-corrected chi connectivity index (χ3v) is 4.49. The maximum atomic E-state index is 11.8. The van der Waals surface area contributed by atoms with Crippen molar-refractivity contribution in [1.29, 1.82) is 0 Å². The molecule has 0 spiro atoms. The Bertz CT molecular complexity index is 482. The number of carbonyl (C=O) groups is 1. The second-order valence-electron chi connectivity index (χ2n) is 6.35. The Kier molecular flexibility index (Phi) is 6.86. The number of likely N-dealkylation sites (tertiary alicyclic amines) is 1. The minimum Gasteiger partial charge on any atom is -0.378 e. The van der Waals surface area contributed by atoms with Gasteiger partial charge in [0.15, 0.2) is 0 Å². The van der Waals surface area contributed by atoms with Crippen molar-refractivity contribution in [1.82, 2.24) is 5.32 Å². The molecule has 0 bridgehead atoms. The van der Waals surface area contributed by atoms with Gasteiger partial charge in [-0.2, -0.15) is 0 Å². The molecule has 5 nitrogen and oxygen atoms in total. The summed E-state index contributed by atoms with van der Waals surface area (Å²) in [5.74, 6) is -0.0274. The van der Waals surface area contributed by atoms with E-state index >= 15 is 0 Å². The second kappa shape index (κ2) is 8.89. The number of nitrogens with one attached hydrogen (secondary N) is 2. The van der Waals surface area contributed by atoms with Gasteiger partial charge in [0.2, 0.25) is 5.91 Å². The van der Waals surface area contributed by atoms with Crippen molar-refractivity contribution in [3.8, 4) is 0 Å². The number of carbonyl (C=O) groups excluding carboxylic acids is 1. The number of ether oxygens (including phenoxy) is 1. The Balaban J connectivity index is 2.03. The van der Waals surface area contributed by atoms with E-state index in [2.05, 4.69) is 34.5 Å². The van der Waals surface area contributed by atoms with Crippen LogP contribution < -0.4 is 15.1 Å². The van der Waals surface area contributed by atoms with Gasteiger partial charge in [-0.1, -0.05) is 12.1 Å². The molecule has 1 atom stereocenters. The Morgan fingerprint density at radius 1 is 1.26 bits per heavy atom. The van der Waals surface area contributed by atoms with Crippen LogP contribution in [0.2, 0.25) is 0 Å². The molecular formula is C18H30N3O2+. The van der Waals surface area contributed by atoms with Crippen molar-refractivity contribution in [2.75, 3.05) is 51.8 Å². The smallest absolute Gasteiger partial charge is 0.246 e. The average molecular weight is 320 g/mol. The van der Waals surface area contributed by atoms with Crippen molar-refractivity contribution in [3.05, 3.63) is 29.8 Å². The van der Waals surface area contributed by atoms with Crippen molar-refractivity contribution < 1.29 is 14.4 Å². The molecule has 2 N–H and O–H groups in total. The normalized spacial score (nSPS) is 16.3. The molecule has 1 aliphatic rings. The van der Waals surface area contributed by atoms with Crippen LogP contribution in [0.3, 0.4) is 0 Å². The molecule has 5 heteroatoms. The molecule has 1 fully saturated rings. The molecule has 23 heavy (non-hydrogen) atoms. The summed E-state index contributed by atoms with van der Waals surface area (Å²) in [4.78, 5) is 15.5. The zero-order chi connectivity index (χ0) is 16.7.